The van der Waals surface area contributed by atoms with E-state index in [1.165, 1.54) is 0 Å². The first-order valence-electron chi connectivity index (χ1n) is 9.83. The fourth-order valence-electron chi connectivity index (χ4n) is 4.28. The number of pyridine rings is 1. The van der Waals surface area contributed by atoms with Crippen LogP contribution in [0.15, 0.2) is 36.9 Å². The van der Waals surface area contributed by atoms with Crippen molar-refractivity contribution in [1.29, 1.82) is 0 Å². The van der Waals surface area contributed by atoms with E-state index < -0.39 is 5.41 Å². The van der Waals surface area contributed by atoms with Crippen LogP contribution in [0.4, 0.5) is 0 Å². The van der Waals surface area contributed by atoms with Gasteiger partial charge in [-0.25, -0.2) is 9.97 Å². The summed E-state index contributed by atoms with van der Waals surface area (Å²) in [7, 11) is 0. The van der Waals surface area contributed by atoms with Gasteiger partial charge in [-0.2, -0.15) is 0 Å². The van der Waals surface area contributed by atoms with Gasteiger partial charge in [0.05, 0.1) is 11.0 Å². The first kappa shape index (κ1) is 18.5. The molecule has 0 bridgehead atoms. The molecule has 28 heavy (non-hydrogen) atoms. The molecular formula is C21H25N5O2. The van der Waals surface area contributed by atoms with Crippen molar-refractivity contribution >= 4 is 11.8 Å². The molecule has 7 heteroatoms. The fourth-order valence-corrected chi connectivity index (χ4v) is 4.28. The number of amides is 2. The lowest BCUT2D eigenvalue weighted by Crippen LogP contribution is -2.52. The van der Waals surface area contributed by atoms with Crippen LogP contribution in [0, 0.1) is 5.41 Å². The highest BCUT2D eigenvalue weighted by Crippen LogP contribution is 2.41. The zero-order valence-electron chi connectivity index (χ0n) is 16.3. The number of piperidine rings is 1. The van der Waals surface area contributed by atoms with Gasteiger partial charge in [0.2, 0.25) is 5.91 Å². The number of hydrogen-bond acceptors (Lipinski definition) is 5. The van der Waals surface area contributed by atoms with Crippen LogP contribution < -0.4 is 0 Å². The third-order valence-corrected chi connectivity index (χ3v) is 5.85. The molecule has 2 aliphatic rings. The SMILES string of the molecule is CC(C)N1CCCC2(CCN(C(=O)c3cnc(-c4cccnc4)nc3)C2)C1=O. The van der Waals surface area contributed by atoms with E-state index in [0.717, 1.165) is 31.4 Å². The minimum Gasteiger partial charge on any atom is -0.340 e. The van der Waals surface area contributed by atoms with Gasteiger partial charge in [0.15, 0.2) is 5.82 Å². The van der Waals surface area contributed by atoms with Crippen molar-refractivity contribution in [3.8, 4) is 11.4 Å². The largest absolute Gasteiger partial charge is 0.340 e. The van der Waals surface area contributed by atoms with Crippen molar-refractivity contribution in [3.63, 3.8) is 0 Å². The minimum atomic E-state index is -0.422. The molecule has 0 aromatic carbocycles. The van der Waals surface area contributed by atoms with Gasteiger partial charge in [0, 0.05) is 56.0 Å². The van der Waals surface area contributed by atoms with Crippen molar-refractivity contribution < 1.29 is 9.59 Å². The lowest BCUT2D eigenvalue weighted by molar-refractivity contribution is -0.147. The monoisotopic (exact) mass is 379 g/mol. The summed E-state index contributed by atoms with van der Waals surface area (Å²) in [5.41, 5.74) is 0.839. The van der Waals surface area contributed by atoms with Gasteiger partial charge in [0.25, 0.3) is 5.91 Å². The number of likely N-dealkylation sites (tertiary alicyclic amines) is 2. The summed E-state index contributed by atoms with van der Waals surface area (Å²) in [5, 5.41) is 0. The van der Waals surface area contributed by atoms with E-state index in [1.54, 1.807) is 29.7 Å². The Balaban J connectivity index is 1.48. The summed E-state index contributed by atoms with van der Waals surface area (Å²) >= 11 is 0. The second-order valence-corrected chi connectivity index (χ2v) is 7.99. The van der Waals surface area contributed by atoms with E-state index in [9.17, 15) is 9.59 Å². The molecule has 2 aromatic heterocycles. The van der Waals surface area contributed by atoms with Gasteiger partial charge in [-0.15, -0.1) is 0 Å². The van der Waals surface area contributed by atoms with Crippen LogP contribution in [-0.2, 0) is 4.79 Å². The Labute approximate surface area is 164 Å². The molecule has 146 valence electrons. The zero-order chi connectivity index (χ0) is 19.7. The number of aromatic nitrogens is 3. The molecule has 2 amide bonds. The van der Waals surface area contributed by atoms with Gasteiger partial charge in [-0.3, -0.25) is 14.6 Å². The third-order valence-electron chi connectivity index (χ3n) is 5.85. The van der Waals surface area contributed by atoms with E-state index in [1.807, 2.05) is 17.0 Å². The van der Waals surface area contributed by atoms with E-state index >= 15 is 0 Å². The van der Waals surface area contributed by atoms with Crippen LogP contribution in [0.2, 0.25) is 0 Å². The Morgan fingerprint density at radius 1 is 1.14 bits per heavy atom. The molecule has 0 N–H and O–H groups in total. The maximum Gasteiger partial charge on any atom is 0.257 e. The van der Waals surface area contributed by atoms with Crippen molar-refractivity contribution in [2.45, 2.75) is 39.2 Å². The third kappa shape index (κ3) is 3.25. The number of carbonyl (C=O) groups is 2. The number of nitrogens with zero attached hydrogens (tertiary/aromatic N) is 5. The normalized spacial score (nSPS) is 22.3. The van der Waals surface area contributed by atoms with Gasteiger partial charge in [0.1, 0.15) is 0 Å². The van der Waals surface area contributed by atoms with Crippen LogP contribution >= 0.6 is 0 Å². The Hall–Kier alpha value is -2.83. The molecule has 0 radical (unpaired) electrons. The molecule has 2 aromatic rings. The summed E-state index contributed by atoms with van der Waals surface area (Å²) in [5.74, 6) is 0.633. The summed E-state index contributed by atoms with van der Waals surface area (Å²) in [6.07, 6.45) is 9.09. The van der Waals surface area contributed by atoms with E-state index in [2.05, 4.69) is 28.8 Å². The minimum absolute atomic E-state index is 0.107. The molecule has 1 spiro atoms. The predicted octanol–water partition coefficient (Wildman–Crippen LogP) is 2.40. The van der Waals surface area contributed by atoms with Gasteiger partial charge >= 0.3 is 0 Å². The average Bonchev–Trinajstić information content (AvgIpc) is 3.15. The Kier molecular flexibility index (Phi) is 4.83. The standard InChI is InChI=1S/C21H25N5O2/c1-15(2)26-9-4-6-21(20(26)28)7-10-25(14-21)19(27)17-12-23-18(24-13-17)16-5-3-8-22-11-16/h3,5,8,11-13,15H,4,6-7,9-10,14H2,1-2H3. The molecule has 4 heterocycles. The lowest BCUT2D eigenvalue weighted by Gasteiger charge is -2.41. The highest BCUT2D eigenvalue weighted by molar-refractivity contribution is 5.95. The predicted molar refractivity (Wildman–Crippen MR) is 104 cm³/mol. The summed E-state index contributed by atoms with van der Waals surface area (Å²) in [4.78, 5) is 42.5. The topological polar surface area (TPSA) is 79.3 Å². The van der Waals surface area contributed by atoms with Crippen LogP contribution in [0.3, 0.4) is 0 Å². The zero-order valence-corrected chi connectivity index (χ0v) is 16.3. The first-order chi connectivity index (χ1) is 13.5. The quantitative estimate of drug-likeness (QED) is 0.818. The molecule has 2 fully saturated rings. The van der Waals surface area contributed by atoms with Crippen LogP contribution in [0.25, 0.3) is 11.4 Å². The van der Waals surface area contributed by atoms with Gasteiger partial charge in [-0.1, -0.05) is 0 Å². The van der Waals surface area contributed by atoms with Crippen LogP contribution in [0.5, 0.6) is 0 Å². The van der Waals surface area contributed by atoms with Crippen molar-refractivity contribution in [1.82, 2.24) is 24.8 Å². The van der Waals surface area contributed by atoms with Gasteiger partial charge in [-0.05, 0) is 45.2 Å². The summed E-state index contributed by atoms with van der Waals surface area (Å²) in [6.45, 7) is 6.00. The molecule has 1 unspecified atom stereocenters. The average molecular weight is 379 g/mol. The van der Waals surface area contributed by atoms with Crippen LogP contribution in [-0.4, -0.2) is 62.2 Å². The van der Waals surface area contributed by atoms with Crippen LogP contribution in [0.1, 0.15) is 43.5 Å². The second kappa shape index (κ2) is 7.30. The number of hydrogen-bond donors (Lipinski definition) is 0. The Morgan fingerprint density at radius 3 is 2.61 bits per heavy atom. The molecule has 0 aliphatic carbocycles. The van der Waals surface area contributed by atoms with E-state index in [4.69, 9.17) is 0 Å². The van der Waals surface area contributed by atoms with E-state index in [0.29, 0.717) is 24.5 Å². The smallest absolute Gasteiger partial charge is 0.257 e. The molecule has 0 saturated carbocycles. The van der Waals surface area contributed by atoms with E-state index in [-0.39, 0.29) is 17.9 Å². The number of carbonyl (C=O) groups excluding carboxylic acids is 2. The fraction of sp³-hybridized carbons (Fsp3) is 0.476. The van der Waals surface area contributed by atoms with Crippen molar-refractivity contribution in [2.24, 2.45) is 5.41 Å². The maximum atomic E-state index is 13.1. The highest BCUT2D eigenvalue weighted by atomic mass is 16.2. The lowest BCUT2D eigenvalue weighted by atomic mass is 9.78. The van der Waals surface area contributed by atoms with Gasteiger partial charge < -0.3 is 9.80 Å². The molecule has 1 atom stereocenters. The van der Waals surface area contributed by atoms with Crippen molar-refractivity contribution in [3.05, 3.63) is 42.5 Å². The molecule has 2 aliphatic heterocycles. The Bertz CT molecular complexity index is 868. The van der Waals surface area contributed by atoms with Crippen molar-refractivity contribution in [2.75, 3.05) is 19.6 Å². The summed E-state index contributed by atoms with van der Waals surface area (Å²) in [6, 6.07) is 3.90. The molecule has 4 rings (SSSR count). The number of rotatable bonds is 3. The highest BCUT2D eigenvalue weighted by Gasteiger charge is 2.49. The molecule has 2 saturated heterocycles. The first-order valence-corrected chi connectivity index (χ1v) is 9.83. The Morgan fingerprint density at radius 2 is 1.93 bits per heavy atom. The molecular weight excluding hydrogens is 354 g/mol. The second-order valence-electron chi connectivity index (χ2n) is 7.99. The maximum absolute atomic E-state index is 13.1. The summed E-state index contributed by atoms with van der Waals surface area (Å²) < 4.78 is 0. The molecule has 7 nitrogen and oxygen atoms in total.